The first-order valence-electron chi connectivity index (χ1n) is 10.5. The highest BCUT2D eigenvalue weighted by Gasteiger charge is 2.30. The Bertz CT molecular complexity index is 668. The van der Waals surface area contributed by atoms with Crippen molar-refractivity contribution in [1.82, 2.24) is 15.3 Å². The van der Waals surface area contributed by atoms with E-state index in [2.05, 4.69) is 62.9 Å². The molecule has 0 radical (unpaired) electrons. The highest BCUT2D eigenvalue weighted by molar-refractivity contribution is 5.97. The number of rotatable bonds is 9. The molecule has 5 heteroatoms. The maximum atomic E-state index is 13.1. The van der Waals surface area contributed by atoms with Crippen molar-refractivity contribution in [2.45, 2.75) is 54.0 Å². The first-order chi connectivity index (χ1) is 13.3. The van der Waals surface area contributed by atoms with Crippen LogP contribution in [0.1, 0.15) is 57.5 Å². The van der Waals surface area contributed by atoms with Crippen LogP contribution in [-0.4, -0.2) is 54.8 Å². The number of carbonyl (C=O) groups is 1. The quantitative estimate of drug-likeness (QED) is 0.653. The molecule has 1 aliphatic heterocycles. The van der Waals surface area contributed by atoms with Crippen molar-refractivity contribution in [3.05, 3.63) is 41.0 Å². The van der Waals surface area contributed by atoms with E-state index in [1.165, 1.54) is 5.57 Å². The summed E-state index contributed by atoms with van der Waals surface area (Å²) in [6, 6.07) is 6.04. The number of likely N-dealkylation sites (N-methyl/N-ethyl adjacent to an activating group) is 2. The van der Waals surface area contributed by atoms with Gasteiger partial charge in [-0.3, -0.25) is 4.79 Å². The zero-order chi connectivity index (χ0) is 20.7. The molecular formula is C23H37N3O2. The van der Waals surface area contributed by atoms with Crippen molar-refractivity contribution < 1.29 is 9.53 Å². The van der Waals surface area contributed by atoms with Crippen LogP contribution >= 0.6 is 0 Å². The van der Waals surface area contributed by atoms with E-state index in [1.54, 1.807) is 0 Å². The Morgan fingerprint density at radius 3 is 2.39 bits per heavy atom. The Balaban J connectivity index is 2.20. The van der Waals surface area contributed by atoms with E-state index >= 15 is 0 Å². The number of nitrogens with one attached hydrogen (secondary N) is 1. The van der Waals surface area contributed by atoms with E-state index in [1.807, 2.05) is 18.2 Å². The number of para-hydroxylation sites is 1. The summed E-state index contributed by atoms with van der Waals surface area (Å²) >= 11 is 0. The van der Waals surface area contributed by atoms with Crippen molar-refractivity contribution in [2.75, 3.05) is 32.8 Å². The minimum absolute atomic E-state index is 0.0446. The molecule has 1 amide bonds. The number of amides is 1. The fourth-order valence-electron chi connectivity index (χ4n) is 3.64. The van der Waals surface area contributed by atoms with Gasteiger partial charge in [-0.2, -0.15) is 0 Å². The molecule has 0 unspecified atom stereocenters. The summed E-state index contributed by atoms with van der Waals surface area (Å²) in [4.78, 5) is 13.1. The number of hydrogen-bond acceptors (Lipinski definition) is 4. The van der Waals surface area contributed by atoms with E-state index in [0.29, 0.717) is 18.1 Å². The number of allylic oxidation sites excluding steroid dienone is 1. The van der Waals surface area contributed by atoms with Gasteiger partial charge in [0.15, 0.2) is 0 Å². The molecule has 1 aromatic rings. The molecule has 28 heavy (non-hydrogen) atoms. The van der Waals surface area contributed by atoms with Gasteiger partial charge in [0.2, 0.25) is 0 Å². The van der Waals surface area contributed by atoms with Gasteiger partial charge >= 0.3 is 0 Å². The molecule has 1 heterocycles. The Labute approximate surface area is 170 Å². The maximum absolute atomic E-state index is 13.1. The number of hydrogen-bond donors (Lipinski definition) is 1. The van der Waals surface area contributed by atoms with Crippen LogP contribution in [0.25, 0.3) is 0 Å². The molecule has 156 valence electrons. The highest BCUT2D eigenvalue weighted by Crippen LogP contribution is 2.27. The summed E-state index contributed by atoms with van der Waals surface area (Å²) in [6.07, 6.45) is 2.94. The zero-order valence-corrected chi connectivity index (χ0v) is 18.4. The Morgan fingerprint density at radius 2 is 1.86 bits per heavy atom. The number of ether oxygens (including phenoxy) is 1. The average molecular weight is 388 g/mol. The minimum Gasteiger partial charge on any atom is -0.488 e. The van der Waals surface area contributed by atoms with Crippen LogP contribution in [-0.2, 0) is 6.42 Å². The summed E-state index contributed by atoms with van der Waals surface area (Å²) in [5, 5.41) is 7.82. The predicted molar refractivity (Wildman–Crippen MR) is 116 cm³/mol. The SMILES string of the molecule is CCN1CC(NC(=O)c2cccc(CC(C)C)c2OCC=C(C)C)CN1CC. The Kier molecular flexibility index (Phi) is 8.52. The fraction of sp³-hybridized carbons (Fsp3) is 0.609. The van der Waals surface area contributed by atoms with Crippen molar-refractivity contribution in [2.24, 2.45) is 5.92 Å². The number of hydrazine groups is 1. The third-order valence-corrected chi connectivity index (χ3v) is 5.02. The van der Waals surface area contributed by atoms with Gasteiger partial charge in [-0.1, -0.05) is 45.4 Å². The van der Waals surface area contributed by atoms with Crippen LogP contribution in [0.3, 0.4) is 0 Å². The third kappa shape index (κ3) is 6.08. The molecule has 0 atom stereocenters. The van der Waals surface area contributed by atoms with Crippen LogP contribution in [0, 0.1) is 5.92 Å². The van der Waals surface area contributed by atoms with Crippen molar-refractivity contribution >= 4 is 5.91 Å². The number of benzene rings is 1. The molecule has 1 fully saturated rings. The monoisotopic (exact) mass is 387 g/mol. The molecule has 1 aromatic carbocycles. The second kappa shape index (κ2) is 10.6. The molecular weight excluding hydrogens is 350 g/mol. The molecule has 0 spiro atoms. The maximum Gasteiger partial charge on any atom is 0.255 e. The normalized spacial score (nSPS) is 15.8. The van der Waals surface area contributed by atoms with Crippen molar-refractivity contribution in [3.63, 3.8) is 0 Å². The Morgan fingerprint density at radius 1 is 1.21 bits per heavy atom. The van der Waals surface area contributed by atoms with E-state index in [0.717, 1.165) is 43.9 Å². The second-order valence-electron chi connectivity index (χ2n) is 8.17. The molecule has 1 aliphatic rings. The van der Waals surface area contributed by atoms with Crippen molar-refractivity contribution in [1.29, 1.82) is 0 Å². The molecule has 5 nitrogen and oxygen atoms in total. The van der Waals surface area contributed by atoms with Crippen molar-refractivity contribution in [3.8, 4) is 5.75 Å². The molecule has 1 N–H and O–H groups in total. The van der Waals surface area contributed by atoms with Gasteiger partial charge in [0, 0.05) is 26.2 Å². The number of carbonyl (C=O) groups excluding carboxylic acids is 1. The molecule has 0 saturated carbocycles. The lowest BCUT2D eigenvalue weighted by molar-refractivity contribution is 0.0388. The fourth-order valence-corrected chi connectivity index (χ4v) is 3.64. The van der Waals surface area contributed by atoms with Gasteiger partial charge in [0.05, 0.1) is 11.6 Å². The lowest BCUT2D eigenvalue weighted by Crippen LogP contribution is -2.38. The van der Waals surface area contributed by atoms with Gasteiger partial charge in [-0.05, 0) is 43.9 Å². The minimum atomic E-state index is -0.0446. The first-order valence-corrected chi connectivity index (χ1v) is 10.5. The summed E-state index contributed by atoms with van der Waals surface area (Å²) in [6.45, 7) is 16.9. The van der Waals surface area contributed by atoms with E-state index in [4.69, 9.17) is 4.74 Å². The molecule has 1 saturated heterocycles. The van der Waals surface area contributed by atoms with Gasteiger partial charge in [0.25, 0.3) is 5.91 Å². The molecule has 0 aromatic heterocycles. The molecule has 0 bridgehead atoms. The first kappa shape index (κ1) is 22.4. The average Bonchev–Trinajstić information content (AvgIpc) is 3.03. The summed E-state index contributed by atoms with van der Waals surface area (Å²) in [5.74, 6) is 1.18. The van der Waals surface area contributed by atoms with E-state index < -0.39 is 0 Å². The smallest absolute Gasteiger partial charge is 0.255 e. The molecule has 2 rings (SSSR count). The number of nitrogens with zero attached hydrogens (tertiary/aromatic N) is 2. The van der Waals surface area contributed by atoms with Crippen LogP contribution in [0.5, 0.6) is 5.75 Å². The van der Waals surface area contributed by atoms with E-state index in [9.17, 15) is 4.79 Å². The standard InChI is InChI=1S/C23H37N3O2/c1-7-25-15-20(16-26(25)8-2)24-23(27)21-11-9-10-19(14-18(5)6)22(21)28-13-12-17(3)4/h9-12,18,20H,7-8,13-16H2,1-6H3,(H,24,27). The summed E-state index contributed by atoms with van der Waals surface area (Å²) in [5.41, 5.74) is 2.94. The second-order valence-corrected chi connectivity index (χ2v) is 8.17. The predicted octanol–water partition coefficient (Wildman–Crippen LogP) is 3.90. The summed E-state index contributed by atoms with van der Waals surface area (Å²) < 4.78 is 6.09. The van der Waals surface area contributed by atoms with Crippen LogP contribution in [0.2, 0.25) is 0 Å². The topological polar surface area (TPSA) is 44.8 Å². The Hall–Kier alpha value is -1.85. The highest BCUT2D eigenvalue weighted by atomic mass is 16.5. The van der Waals surface area contributed by atoms with Gasteiger partial charge in [-0.25, -0.2) is 10.0 Å². The van der Waals surface area contributed by atoms with Gasteiger partial charge < -0.3 is 10.1 Å². The largest absolute Gasteiger partial charge is 0.488 e. The van der Waals surface area contributed by atoms with Crippen LogP contribution in [0.15, 0.2) is 29.8 Å². The van der Waals surface area contributed by atoms with Gasteiger partial charge in [-0.15, -0.1) is 0 Å². The van der Waals surface area contributed by atoms with E-state index in [-0.39, 0.29) is 11.9 Å². The van der Waals surface area contributed by atoms with Crippen LogP contribution < -0.4 is 10.1 Å². The summed E-state index contributed by atoms with van der Waals surface area (Å²) in [7, 11) is 0. The molecule has 0 aliphatic carbocycles. The van der Waals surface area contributed by atoms with Gasteiger partial charge in [0.1, 0.15) is 12.4 Å². The zero-order valence-electron chi connectivity index (χ0n) is 18.4. The third-order valence-electron chi connectivity index (χ3n) is 5.02. The van der Waals surface area contributed by atoms with Crippen LogP contribution in [0.4, 0.5) is 0 Å². The lowest BCUT2D eigenvalue weighted by atomic mass is 9.99. The lowest BCUT2D eigenvalue weighted by Gasteiger charge is -2.24.